The Bertz CT molecular complexity index is 1050. The van der Waals surface area contributed by atoms with E-state index in [9.17, 15) is 9.59 Å². The van der Waals surface area contributed by atoms with Crippen LogP contribution in [0.25, 0.3) is 10.9 Å². The molecule has 3 atom stereocenters. The average molecular weight is 404 g/mol. The fourth-order valence-corrected chi connectivity index (χ4v) is 5.00. The lowest BCUT2D eigenvalue weighted by atomic mass is 9.64. The van der Waals surface area contributed by atoms with Crippen LogP contribution in [0.4, 0.5) is 4.79 Å². The van der Waals surface area contributed by atoms with Gasteiger partial charge in [-0.3, -0.25) is 9.36 Å². The Morgan fingerprint density at radius 2 is 1.77 bits per heavy atom. The Morgan fingerprint density at radius 1 is 1.07 bits per heavy atom. The van der Waals surface area contributed by atoms with E-state index in [0.29, 0.717) is 17.0 Å². The first-order chi connectivity index (χ1) is 14.4. The molecule has 156 valence electrons. The van der Waals surface area contributed by atoms with Gasteiger partial charge < -0.3 is 4.74 Å². The maximum atomic E-state index is 13.2. The molecule has 1 aliphatic carbocycles. The van der Waals surface area contributed by atoms with Crippen LogP contribution in [-0.4, -0.2) is 23.1 Å². The molecule has 1 aliphatic rings. The van der Waals surface area contributed by atoms with Gasteiger partial charge in [-0.05, 0) is 35.8 Å². The normalized spacial score (nSPS) is 22.0. The minimum Gasteiger partial charge on any atom is -0.445 e. The molecule has 0 spiro atoms. The Kier molecular flexibility index (Phi) is 5.50. The highest BCUT2D eigenvalue weighted by Gasteiger charge is 2.42. The summed E-state index contributed by atoms with van der Waals surface area (Å²) in [5, 5.41) is 0.766. The van der Waals surface area contributed by atoms with E-state index in [1.807, 2.05) is 30.3 Å². The number of rotatable bonds is 4. The van der Waals surface area contributed by atoms with Gasteiger partial charge in [-0.2, -0.15) is 0 Å². The Morgan fingerprint density at radius 3 is 2.50 bits per heavy atom. The number of para-hydroxylation sites is 1. The number of benzene rings is 2. The lowest BCUT2D eigenvalue weighted by Gasteiger charge is -2.43. The monoisotopic (exact) mass is 403 g/mol. The van der Waals surface area contributed by atoms with Gasteiger partial charge in [-0.1, -0.05) is 75.7 Å². The Labute approximate surface area is 177 Å². The van der Waals surface area contributed by atoms with E-state index in [1.54, 1.807) is 6.20 Å². The van der Waals surface area contributed by atoms with Crippen molar-refractivity contribution in [3.05, 3.63) is 71.9 Å². The standard InChI is InChI=1S/C26H29NO3/c1-18-13-14-22(26(2,3)20-9-5-4-6-10-20)24(15-18)30-25(29)27-16-19(17-28)21-11-7-8-12-23(21)27/h4-12,16-18,22,24H,13-15H2,1-3H3/t18-,22-,24-/m1/s1. The lowest BCUT2D eigenvalue weighted by molar-refractivity contribution is -0.00228. The van der Waals surface area contributed by atoms with Gasteiger partial charge in [0.25, 0.3) is 0 Å². The number of nitrogens with zero attached hydrogens (tertiary/aromatic N) is 1. The molecular weight excluding hydrogens is 374 g/mol. The predicted molar refractivity (Wildman–Crippen MR) is 119 cm³/mol. The molecule has 1 heterocycles. The van der Waals surface area contributed by atoms with Crippen molar-refractivity contribution in [3.8, 4) is 0 Å². The zero-order valence-electron chi connectivity index (χ0n) is 17.9. The van der Waals surface area contributed by atoms with Crippen LogP contribution in [0, 0.1) is 11.8 Å². The molecule has 0 saturated heterocycles. The lowest BCUT2D eigenvalue weighted by Crippen LogP contribution is -2.44. The summed E-state index contributed by atoms with van der Waals surface area (Å²) in [4.78, 5) is 24.7. The summed E-state index contributed by atoms with van der Waals surface area (Å²) in [6.07, 6.45) is 4.81. The van der Waals surface area contributed by atoms with Crippen LogP contribution in [0.15, 0.2) is 60.8 Å². The molecule has 30 heavy (non-hydrogen) atoms. The zero-order valence-corrected chi connectivity index (χ0v) is 17.9. The number of ether oxygens (including phenoxy) is 1. The molecule has 1 fully saturated rings. The van der Waals surface area contributed by atoms with Crippen LogP contribution in [-0.2, 0) is 10.2 Å². The highest BCUT2D eigenvalue weighted by atomic mass is 16.6. The van der Waals surface area contributed by atoms with Gasteiger partial charge in [0.1, 0.15) is 6.10 Å². The molecule has 0 bridgehead atoms. The van der Waals surface area contributed by atoms with Crippen LogP contribution in [0.1, 0.15) is 56.0 Å². The molecule has 0 radical (unpaired) electrons. The van der Waals surface area contributed by atoms with Crippen LogP contribution in [0.5, 0.6) is 0 Å². The highest BCUT2D eigenvalue weighted by molar-refractivity contribution is 6.01. The van der Waals surface area contributed by atoms with E-state index >= 15 is 0 Å². The van der Waals surface area contributed by atoms with Gasteiger partial charge in [-0.15, -0.1) is 0 Å². The molecule has 4 heteroatoms. The SMILES string of the molecule is C[C@@H]1CC[C@@H](C(C)(C)c2ccccc2)[C@H](OC(=O)n2cc(C=O)c3ccccc32)C1. The number of carbonyl (C=O) groups excluding carboxylic acids is 2. The first-order valence-electron chi connectivity index (χ1n) is 10.7. The van der Waals surface area contributed by atoms with Crippen molar-refractivity contribution in [2.75, 3.05) is 0 Å². The van der Waals surface area contributed by atoms with Crippen molar-refractivity contribution in [1.29, 1.82) is 0 Å². The molecule has 0 N–H and O–H groups in total. The number of fused-ring (bicyclic) bond motifs is 1. The fraction of sp³-hybridized carbons (Fsp3) is 0.385. The van der Waals surface area contributed by atoms with Gasteiger partial charge >= 0.3 is 6.09 Å². The predicted octanol–water partition coefficient (Wildman–Crippen LogP) is 6.22. The summed E-state index contributed by atoms with van der Waals surface area (Å²) in [5.74, 6) is 0.741. The Balaban J connectivity index is 1.64. The van der Waals surface area contributed by atoms with E-state index in [-0.39, 0.29) is 17.4 Å². The summed E-state index contributed by atoms with van der Waals surface area (Å²) in [7, 11) is 0. The Hall–Kier alpha value is -2.88. The minimum atomic E-state index is -0.410. The van der Waals surface area contributed by atoms with E-state index < -0.39 is 6.09 Å². The number of aromatic nitrogens is 1. The maximum Gasteiger partial charge on any atom is 0.418 e. The highest BCUT2D eigenvalue weighted by Crippen LogP contribution is 2.43. The minimum absolute atomic E-state index is 0.112. The number of carbonyl (C=O) groups is 2. The molecule has 4 rings (SSSR count). The maximum absolute atomic E-state index is 13.2. The average Bonchev–Trinajstić information content (AvgIpc) is 3.13. The van der Waals surface area contributed by atoms with Gasteiger partial charge in [0.2, 0.25) is 0 Å². The molecule has 0 unspecified atom stereocenters. The summed E-state index contributed by atoms with van der Waals surface area (Å²) in [6, 6.07) is 17.9. The van der Waals surface area contributed by atoms with Crippen molar-refractivity contribution in [1.82, 2.24) is 4.57 Å². The molecule has 4 nitrogen and oxygen atoms in total. The number of hydrogen-bond donors (Lipinski definition) is 0. The van der Waals surface area contributed by atoms with E-state index in [2.05, 4.69) is 45.0 Å². The van der Waals surface area contributed by atoms with Crippen molar-refractivity contribution < 1.29 is 14.3 Å². The van der Waals surface area contributed by atoms with Gasteiger partial charge in [-0.25, -0.2) is 4.79 Å². The van der Waals surface area contributed by atoms with E-state index in [0.717, 1.165) is 30.9 Å². The fourth-order valence-electron chi connectivity index (χ4n) is 5.00. The summed E-state index contributed by atoms with van der Waals surface area (Å²) in [6.45, 7) is 6.72. The van der Waals surface area contributed by atoms with Crippen molar-refractivity contribution in [2.24, 2.45) is 11.8 Å². The van der Waals surface area contributed by atoms with Crippen molar-refractivity contribution >= 4 is 23.3 Å². The third-order valence-corrected chi connectivity index (χ3v) is 6.82. The molecule has 1 aromatic heterocycles. The molecule has 0 aliphatic heterocycles. The third kappa shape index (κ3) is 3.67. The molecule has 3 aromatic rings. The smallest absolute Gasteiger partial charge is 0.418 e. The van der Waals surface area contributed by atoms with Crippen molar-refractivity contribution in [2.45, 2.75) is 51.6 Å². The van der Waals surface area contributed by atoms with Crippen LogP contribution < -0.4 is 0 Å². The van der Waals surface area contributed by atoms with Crippen LogP contribution >= 0.6 is 0 Å². The molecule has 2 aromatic carbocycles. The second-order valence-electron chi connectivity index (χ2n) is 9.12. The first-order valence-corrected chi connectivity index (χ1v) is 10.7. The topological polar surface area (TPSA) is 48.3 Å². The van der Waals surface area contributed by atoms with Crippen LogP contribution in [0.3, 0.4) is 0 Å². The second kappa shape index (κ2) is 8.10. The van der Waals surface area contributed by atoms with Gasteiger partial charge in [0, 0.05) is 23.1 Å². The van der Waals surface area contributed by atoms with Gasteiger partial charge in [0.05, 0.1) is 5.52 Å². The van der Waals surface area contributed by atoms with E-state index in [4.69, 9.17) is 4.74 Å². The molecule has 1 saturated carbocycles. The van der Waals surface area contributed by atoms with Crippen molar-refractivity contribution in [3.63, 3.8) is 0 Å². The quantitative estimate of drug-likeness (QED) is 0.486. The summed E-state index contributed by atoms with van der Waals surface area (Å²) >= 11 is 0. The number of aldehydes is 1. The third-order valence-electron chi connectivity index (χ3n) is 6.82. The van der Waals surface area contributed by atoms with Gasteiger partial charge in [0.15, 0.2) is 6.29 Å². The van der Waals surface area contributed by atoms with Crippen LogP contribution in [0.2, 0.25) is 0 Å². The summed E-state index contributed by atoms with van der Waals surface area (Å²) in [5.41, 5.74) is 2.35. The summed E-state index contributed by atoms with van der Waals surface area (Å²) < 4.78 is 7.62. The van der Waals surface area contributed by atoms with E-state index in [1.165, 1.54) is 10.1 Å². The molecule has 0 amide bonds. The second-order valence-corrected chi connectivity index (χ2v) is 9.12. The largest absolute Gasteiger partial charge is 0.445 e. The zero-order chi connectivity index (χ0) is 21.3. The first kappa shape index (κ1) is 20.4. The number of hydrogen-bond acceptors (Lipinski definition) is 3. The molecular formula is C26H29NO3.